The van der Waals surface area contributed by atoms with Gasteiger partial charge >= 0.3 is 0 Å². The van der Waals surface area contributed by atoms with Crippen molar-refractivity contribution in [3.63, 3.8) is 0 Å². The molecule has 16 heavy (non-hydrogen) atoms. The topological polar surface area (TPSA) is 47.3 Å². The maximum Gasteiger partial charge on any atom is 0.153 e. The van der Waals surface area contributed by atoms with Crippen LogP contribution in [0, 0.1) is 0 Å². The van der Waals surface area contributed by atoms with Crippen molar-refractivity contribution in [3.05, 3.63) is 12.4 Å². The van der Waals surface area contributed by atoms with Crippen molar-refractivity contribution < 1.29 is 9.84 Å². The number of aromatic hydroxyl groups is 1. The Morgan fingerprint density at radius 1 is 1.44 bits per heavy atom. The quantitative estimate of drug-likeness (QED) is 0.792. The summed E-state index contributed by atoms with van der Waals surface area (Å²) < 4.78 is 7.88. The van der Waals surface area contributed by atoms with Crippen LogP contribution in [0.15, 0.2) is 12.4 Å². The fraction of sp³-hybridized carbons (Fsp3) is 0.750. The first-order valence-electron chi connectivity index (χ1n) is 6.15. The number of hydrogen-bond acceptors (Lipinski definition) is 3. The third-order valence-electron chi connectivity index (χ3n) is 3.94. The summed E-state index contributed by atoms with van der Waals surface area (Å²) in [5.74, 6) is 0.256. The van der Waals surface area contributed by atoms with Gasteiger partial charge in [0.2, 0.25) is 0 Å². The molecule has 0 radical (unpaired) electrons. The molecule has 2 fully saturated rings. The Kier molecular flexibility index (Phi) is 2.39. The summed E-state index contributed by atoms with van der Waals surface area (Å²) in [5.41, 5.74) is 0.116. The highest BCUT2D eigenvalue weighted by Gasteiger charge is 2.40. The lowest BCUT2D eigenvalue weighted by atomic mass is 9.89. The van der Waals surface area contributed by atoms with E-state index in [4.69, 9.17) is 4.74 Å². The summed E-state index contributed by atoms with van der Waals surface area (Å²) in [5, 5.41) is 13.5. The smallest absolute Gasteiger partial charge is 0.153 e. The third kappa shape index (κ3) is 1.71. The molecule has 1 spiro atoms. The average Bonchev–Trinajstić information content (AvgIpc) is 2.89. The molecule has 88 valence electrons. The predicted octanol–water partition coefficient (Wildman–Crippen LogP) is 2.25. The van der Waals surface area contributed by atoms with E-state index < -0.39 is 0 Å². The first-order chi connectivity index (χ1) is 7.77. The van der Waals surface area contributed by atoms with Crippen molar-refractivity contribution in [3.8, 4) is 5.75 Å². The fourth-order valence-electron chi connectivity index (χ4n) is 3.12. The van der Waals surface area contributed by atoms with Gasteiger partial charge in [-0.25, -0.2) is 0 Å². The Morgan fingerprint density at radius 2 is 2.25 bits per heavy atom. The molecule has 1 unspecified atom stereocenters. The van der Waals surface area contributed by atoms with Gasteiger partial charge in [-0.1, -0.05) is 12.8 Å². The van der Waals surface area contributed by atoms with Crippen molar-refractivity contribution >= 4 is 0 Å². The maximum absolute atomic E-state index is 9.33. The van der Waals surface area contributed by atoms with Crippen LogP contribution in [0.2, 0.25) is 0 Å². The standard InChI is InChI=1S/C12H18N2O2/c15-11-8-13-14(9-11)10-3-6-16-12(7-10)4-1-2-5-12/h8-10,15H,1-7H2. The maximum atomic E-state index is 9.33. The first kappa shape index (κ1) is 10.1. The van der Waals surface area contributed by atoms with E-state index in [1.807, 2.05) is 4.68 Å². The van der Waals surface area contributed by atoms with Crippen LogP contribution in [0.5, 0.6) is 5.75 Å². The molecule has 2 aliphatic rings. The number of rotatable bonds is 1. The van der Waals surface area contributed by atoms with Crippen LogP contribution in [-0.2, 0) is 4.74 Å². The highest BCUT2D eigenvalue weighted by molar-refractivity contribution is 5.09. The molecule has 1 saturated heterocycles. The molecule has 0 bridgehead atoms. The molecule has 1 N–H and O–H groups in total. The first-order valence-corrected chi connectivity index (χ1v) is 6.15. The molecule has 1 saturated carbocycles. The Balaban J connectivity index is 1.77. The Bertz CT molecular complexity index is 369. The zero-order chi connectivity index (χ0) is 11.0. The molecular weight excluding hydrogens is 204 g/mol. The number of hydrogen-bond donors (Lipinski definition) is 1. The van der Waals surface area contributed by atoms with Crippen molar-refractivity contribution in [1.82, 2.24) is 9.78 Å². The van der Waals surface area contributed by atoms with Crippen LogP contribution in [0.1, 0.15) is 44.6 Å². The molecule has 0 aromatic carbocycles. The lowest BCUT2D eigenvalue weighted by molar-refractivity contribution is -0.0910. The van der Waals surface area contributed by atoms with E-state index in [2.05, 4.69) is 5.10 Å². The van der Waals surface area contributed by atoms with E-state index in [-0.39, 0.29) is 11.4 Å². The molecule has 1 aromatic heterocycles. The number of aromatic nitrogens is 2. The van der Waals surface area contributed by atoms with Crippen LogP contribution in [-0.4, -0.2) is 27.1 Å². The lowest BCUT2D eigenvalue weighted by Crippen LogP contribution is -2.38. The van der Waals surface area contributed by atoms with E-state index in [1.165, 1.54) is 31.9 Å². The lowest BCUT2D eigenvalue weighted by Gasteiger charge is -2.38. The van der Waals surface area contributed by atoms with Crippen molar-refractivity contribution in [2.45, 2.75) is 50.2 Å². The van der Waals surface area contributed by atoms with E-state index in [9.17, 15) is 5.11 Å². The van der Waals surface area contributed by atoms with E-state index in [0.29, 0.717) is 6.04 Å². The van der Waals surface area contributed by atoms with Crippen LogP contribution < -0.4 is 0 Å². The minimum atomic E-state index is 0.116. The number of ether oxygens (including phenoxy) is 1. The Hall–Kier alpha value is -1.03. The SMILES string of the molecule is Oc1cnn(C2CCOC3(CCCC3)C2)c1. The summed E-state index contributed by atoms with van der Waals surface area (Å²) in [6, 6.07) is 0.396. The fourth-order valence-corrected chi connectivity index (χ4v) is 3.12. The molecule has 0 amide bonds. The average molecular weight is 222 g/mol. The predicted molar refractivity (Wildman–Crippen MR) is 59.3 cm³/mol. The van der Waals surface area contributed by atoms with E-state index in [0.717, 1.165) is 19.4 Å². The molecule has 4 heteroatoms. The summed E-state index contributed by atoms with van der Waals surface area (Å²) in [6.45, 7) is 0.825. The van der Waals surface area contributed by atoms with Crippen molar-refractivity contribution in [1.29, 1.82) is 0 Å². The van der Waals surface area contributed by atoms with Crippen LogP contribution in [0.25, 0.3) is 0 Å². The van der Waals surface area contributed by atoms with Gasteiger partial charge in [-0.3, -0.25) is 4.68 Å². The summed E-state index contributed by atoms with van der Waals surface area (Å²) in [7, 11) is 0. The van der Waals surface area contributed by atoms with Gasteiger partial charge in [-0.15, -0.1) is 0 Å². The van der Waals surface area contributed by atoms with Gasteiger partial charge in [-0.2, -0.15) is 5.10 Å². The van der Waals surface area contributed by atoms with Gasteiger partial charge in [0, 0.05) is 6.61 Å². The normalized spacial score (nSPS) is 28.6. The van der Waals surface area contributed by atoms with Gasteiger partial charge in [-0.05, 0) is 25.7 Å². The summed E-state index contributed by atoms with van der Waals surface area (Å²) in [4.78, 5) is 0. The van der Waals surface area contributed by atoms with Crippen LogP contribution >= 0.6 is 0 Å². The van der Waals surface area contributed by atoms with Gasteiger partial charge in [0.15, 0.2) is 5.75 Å². The van der Waals surface area contributed by atoms with Gasteiger partial charge in [0.1, 0.15) is 0 Å². The second-order valence-corrected chi connectivity index (χ2v) is 5.06. The molecule has 4 nitrogen and oxygen atoms in total. The molecule has 2 heterocycles. The summed E-state index contributed by atoms with van der Waals surface area (Å²) >= 11 is 0. The molecule has 1 aliphatic heterocycles. The van der Waals surface area contributed by atoms with Crippen molar-refractivity contribution in [2.24, 2.45) is 0 Å². The second-order valence-electron chi connectivity index (χ2n) is 5.06. The van der Waals surface area contributed by atoms with E-state index >= 15 is 0 Å². The zero-order valence-electron chi connectivity index (χ0n) is 9.43. The van der Waals surface area contributed by atoms with Gasteiger partial charge in [0.25, 0.3) is 0 Å². The van der Waals surface area contributed by atoms with E-state index in [1.54, 1.807) is 6.20 Å². The zero-order valence-corrected chi connectivity index (χ0v) is 9.43. The van der Waals surface area contributed by atoms with Gasteiger partial charge < -0.3 is 9.84 Å². The molecule has 1 atom stereocenters. The van der Waals surface area contributed by atoms with Crippen molar-refractivity contribution in [2.75, 3.05) is 6.61 Å². The molecule has 3 rings (SSSR count). The molecular formula is C12H18N2O2. The minimum absolute atomic E-state index is 0.116. The minimum Gasteiger partial charge on any atom is -0.505 e. The highest BCUT2D eigenvalue weighted by atomic mass is 16.5. The second kappa shape index (κ2) is 3.77. The Morgan fingerprint density at radius 3 is 2.94 bits per heavy atom. The Labute approximate surface area is 95.2 Å². The number of nitrogens with zero attached hydrogens (tertiary/aromatic N) is 2. The summed E-state index contributed by atoms with van der Waals surface area (Å²) in [6.07, 6.45) is 10.2. The highest BCUT2D eigenvalue weighted by Crippen LogP contribution is 2.43. The van der Waals surface area contributed by atoms with Gasteiger partial charge in [0.05, 0.1) is 24.0 Å². The largest absolute Gasteiger partial charge is 0.505 e. The third-order valence-corrected chi connectivity index (χ3v) is 3.94. The monoisotopic (exact) mass is 222 g/mol. The molecule has 1 aromatic rings. The van der Waals surface area contributed by atoms with Crippen LogP contribution in [0.3, 0.4) is 0 Å². The molecule has 1 aliphatic carbocycles. The van der Waals surface area contributed by atoms with Crippen LogP contribution in [0.4, 0.5) is 0 Å².